The van der Waals surface area contributed by atoms with E-state index in [0.29, 0.717) is 5.56 Å². The number of hydrogen-bond donors (Lipinski definition) is 5. The summed E-state index contributed by atoms with van der Waals surface area (Å²) in [4.78, 5) is 28.0. The number of nitrogens with one attached hydrogen (secondary N) is 3. The zero-order valence-electron chi connectivity index (χ0n) is 15.2. The van der Waals surface area contributed by atoms with Gasteiger partial charge in [-0.05, 0) is 36.2 Å². The van der Waals surface area contributed by atoms with Crippen molar-refractivity contribution in [3.63, 3.8) is 0 Å². The van der Waals surface area contributed by atoms with Gasteiger partial charge in [-0.3, -0.25) is 14.8 Å². The molecule has 2 amide bonds. The largest absolute Gasteiger partial charge is 0.370 e. The molecule has 0 bridgehead atoms. The molecule has 0 aliphatic heterocycles. The number of carbonyl (C=O) groups excluding carboxylic acids is 2. The summed E-state index contributed by atoms with van der Waals surface area (Å²) in [6.45, 7) is 2.91. The van der Waals surface area contributed by atoms with Gasteiger partial charge in [0.15, 0.2) is 0 Å². The van der Waals surface area contributed by atoms with E-state index in [9.17, 15) is 9.59 Å². The Morgan fingerprint density at radius 1 is 1.15 bits per heavy atom. The Morgan fingerprint density at radius 3 is 2.41 bits per heavy atom. The van der Waals surface area contributed by atoms with Gasteiger partial charge in [0.2, 0.25) is 0 Å². The van der Waals surface area contributed by atoms with Gasteiger partial charge in [-0.2, -0.15) is 0 Å². The van der Waals surface area contributed by atoms with Gasteiger partial charge in [0.1, 0.15) is 11.9 Å². The van der Waals surface area contributed by atoms with Gasteiger partial charge < -0.3 is 16.4 Å². The number of pyridine rings is 1. The average molecular weight is 371 g/mol. The highest BCUT2D eigenvalue weighted by Gasteiger charge is 2.19. The van der Waals surface area contributed by atoms with Gasteiger partial charge in [0, 0.05) is 30.4 Å². The number of benzene rings is 1. The van der Waals surface area contributed by atoms with Crippen LogP contribution in [0.5, 0.6) is 0 Å². The molecule has 6 N–H and O–H groups in total. The standard InChI is InChI=1S/C19H25N5O3/c1-2-3-10-21-17-9-8-15(12-22-17)13-4-6-14(7-5-13)18(25)23-16(11-20)19(26)24-27/h4-9,12,16,27H,2-3,10-11,20H2,1H3,(H,21,22)(H,23,25)(H,24,26)/t16-/m0/s1. The first-order valence-electron chi connectivity index (χ1n) is 8.84. The third kappa shape index (κ3) is 5.77. The lowest BCUT2D eigenvalue weighted by atomic mass is 10.1. The molecular weight excluding hydrogens is 346 g/mol. The van der Waals surface area contributed by atoms with Crippen LogP contribution in [0.3, 0.4) is 0 Å². The van der Waals surface area contributed by atoms with Crippen LogP contribution in [0.4, 0.5) is 5.82 Å². The Balaban J connectivity index is 2.01. The molecule has 1 atom stereocenters. The van der Waals surface area contributed by atoms with Gasteiger partial charge in [-0.1, -0.05) is 25.5 Å². The minimum Gasteiger partial charge on any atom is -0.370 e. The number of hydrogen-bond acceptors (Lipinski definition) is 6. The van der Waals surface area contributed by atoms with E-state index >= 15 is 0 Å². The minimum absolute atomic E-state index is 0.124. The normalized spacial score (nSPS) is 11.5. The molecule has 0 fully saturated rings. The number of amides is 2. The number of nitrogens with two attached hydrogens (primary N) is 1. The lowest BCUT2D eigenvalue weighted by molar-refractivity contribution is -0.130. The molecule has 0 saturated heterocycles. The van der Waals surface area contributed by atoms with Crippen LogP contribution >= 0.6 is 0 Å². The Bertz CT molecular complexity index is 747. The second-order valence-electron chi connectivity index (χ2n) is 6.03. The summed E-state index contributed by atoms with van der Waals surface area (Å²) in [6.07, 6.45) is 4.00. The molecule has 1 aromatic carbocycles. The highest BCUT2D eigenvalue weighted by Crippen LogP contribution is 2.20. The van der Waals surface area contributed by atoms with Crippen molar-refractivity contribution in [2.24, 2.45) is 5.73 Å². The number of hydroxylamine groups is 1. The smallest absolute Gasteiger partial charge is 0.267 e. The number of nitrogens with zero attached hydrogens (tertiary/aromatic N) is 1. The first kappa shape index (κ1) is 20.3. The quantitative estimate of drug-likeness (QED) is 0.258. The number of anilines is 1. The predicted molar refractivity (Wildman–Crippen MR) is 103 cm³/mol. The van der Waals surface area contributed by atoms with Gasteiger partial charge in [-0.15, -0.1) is 0 Å². The fraction of sp³-hybridized carbons (Fsp3) is 0.316. The van der Waals surface area contributed by atoms with Crippen molar-refractivity contribution in [2.45, 2.75) is 25.8 Å². The van der Waals surface area contributed by atoms with E-state index < -0.39 is 17.9 Å². The molecule has 0 radical (unpaired) electrons. The fourth-order valence-corrected chi connectivity index (χ4v) is 2.43. The van der Waals surface area contributed by atoms with E-state index in [1.165, 1.54) is 5.48 Å². The van der Waals surface area contributed by atoms with Gasteiger partial charge in [0.05, 0.1) is 0 Å². The molecule has 1 aromatic heterocycles. The van der Waals surface area contributed by atoms with Gasteiger partial charge >= 0.3 is 0 Å². The van der Waals surface area contributed by atoms with Crippen LogP contribution < -0.4 is 21.8 Å². The van der Waals surface area contributed by atoms with Crippen molar-refractivity contribution < 1.29 is 14.8 Å². The first-order chi connectivity index (χ1) is 13.1. The molecule has 0 spiro atoms. The Hall–Kier alpha value is -2.97. The van der Waals surface area contributed by atoms with Crippen molar-refractivity contribution >= 4 is 17.6 Å². The van der Waals surface area contributed by atoms with Crippen molar-refractivity contribution in [3.8, 4) is 11.1 Å². The van der Waals surface area contributed by atoms with Gasteiger partial charge in [-0.25, -0.2) is 10.5 Å². The monoisotopic (exact) mass is 371 g/mol. The van der Waals surface area contributed by atoms with E-state index in [0.717, 1.165) is 36.3 Å². The number of carbonyl (C=O) groups is 2. The Morgan fingerprint density at radius 2 is 1.85 bits per heavy atom. The summed E-state index contributed by atoms with van der Waals surface area (Å²) >= 11 is 0. The topological polar surface area (TPSA) is 129 Å². The molecular formula is C19H25N5O3. The summed E-state index contributed by atoms with van der Waals surface area (Å²) in [5, 5.41) is 14.4. The van der Waals surface area contributed by atoms with E-state index in [-0.39, 0.29) is 6.54 Å². The van der Waals surface area contributed by atoms with Crippen LogP contribution in [-0.4, -0.2) is 41.1 Å². The third-order valence-corrected chi connectivity index (χ3v) is 4.05. The van der Waals surface area contributed by atoms with E-state index in [1.54, 1.807) is 30.5 Å². The van der Waals surface area contributed by atoms with Gasteiger partial charge in [0.25, 0.3) is 11.8 Å². The molecule has 2 aromatic rings. The Kier molecular flexibility index (Phi) is 7.72. The molecule has 8 nitrogen and oxygen atoms in total. The lowest BCUT2D eigenvalue weighted by Crippen LogP contribution is -2.50. The lowest BCUT2D eigenvalue weighted by Gasteiger charge is -2.14. The third-order valence-electron chi connectivity index (χ3n) is 4.05. The highest BCUT2D eigenvalue weighted by atomic mass is 16.5. The van der Waals surface area contributed by atoms with Crippen molar-refractivity contribution in [2.75, 3.05) is 18.4 Å². The van der Waals surface area contributed by atoms with E-state index in [4.69, 9.17) is 10.9 Å². The minimum atomic E-state index is -1.00. The summed E-state index contributed by atoms with van der Waals surface area (Å²) < 4.78 is 0. The molecule has 0 saturated carbocycles. The molecule has 2 rings (SSSR count). The predicted octanol–water partition coefficient (Wildman–Crippen LogP) is 1.52. The van der Waals surface area contributed by atoms with Crippen molar-refractivity contribution in [3.05, 3.63) is 48.2 Å². The number of aromatic nitrogens is 1. The molecule has 1 heterocycles. The molecule has 0 aliphatic carbocycles. The Labute approximate surface area is 158 Å². The molecule has 0 aliphatic rings. The molecule has 8 heteroatoms. The average Bonchev–Trinajstić information content (AvgIpc) is 2.72. The van der Waals surface area contributed by atoms with E-state index in [1.807, 2.05) is 12.1 Å². The number of unbranched alkanes of at least 4 members (excludes halogenated alkanes) is 1. The fourth-order valence-electron chi connectivity index (χ4n) is 2.43. The highest BCUT2D eigenvalue weighted by molar-refractivity contribution is 5.97. The first-order valence-corrected chi connectivity index (χ1v) is 8.84. The van der Waals surface area contributed by atoms with Crippen molar-refractivity contribution in [1.82, 2.24) is 15.8 Å². The van der Waals surface area contributed by atoms with Crippen LogP contribution in [0.15, 0.2) is 42.6 Å². The van der Waals surface area contributed by atoms with Crippen LogP contribution in [0.1, 0.15) is 30.1 Å². The maximum atomic E-state index is 12.2. The second-order valence-corrected chi connectivity index (χ2v) is 6.03. The van der Waals surface area contributed by atoms with Crippen LogP contribution in [-0.2, 0) is 4.79 Å². The van der Waals surface area contributed by atoms with Crippen LogP contribution in [0.2, 0.25) is 0 Å². The zero-order valence-corrected chi connectivity index (χ0v) is 15.2. The maximum Gasteiger partial charge on any atom is 0.267 e. The molecule has 144 valence electrons. The van der Waals surface area contributed by atoms with Crippen molar-refractivity contribution in [1.29, 1.82) is 0 Å². The zero-order chi connectivity index (χ0) is 19.6. The molecule has 27 heavy (non-hydrogen) atoms. The maximum absolute atomic E-state index is 12.2. The summed E-state index contributed by atoms with van der Waals surface area (Å²) in [5.74, 6) is -0.381. The van der Waals surface area contributed by atoms with Crippen LogP contribution in [0.25, 0.3) is 11.1 Å². The number of rotatable bonds is 9. The van der Waals surface area contributed by atoms with Crippen LogP contribution in [0, 0.1) is 0 Å². The summed E-state index contributed by atoms with van der Waals surface area (Å²) in [5.41, 5.74) is 9.14. The summed E-state index contributed by atoms with van der Waals surface area (Å²) in [7, 11) is 0. The molecule has 0 unspecified atom stereocenters. The summed E-state index contributed by atoms with van der Waals surface area (Å²) in [6, 6.07) is 9.81. The SMILES string of the molecule is CCCCNc1ccc(-c2ccc(C(=O)N[C@@H](CN)C(=O)NO)cc2)cn1. The second kappa shape index (κ2) is 10.2. The van der Waals surface area contributed by atoms with E-state index in [2.05, 4.69) is 22.5 Å².